The van der Waals surface area contributed by atoms with Crippen LogP contribution < -0.4 is 15.2 Å². The smallest absolute Gasteiger partial charge is 0.141 e. The third-order valence-corrected chi connectivity index (χ3v) is 3.23. The third kappa shape index (κ3) is 5.68. The minimum atomic E-state index is -0.0696. The third-order valence-electron chi connectivity index (χ3n) is 3.23. The van der Waals surface area contributed by atoms with Crippen molar-refractivity contribution in [2.45, 2.75) is 19.3 Å². The lowest BCUT2D eigenvalue weighted by molar-refractivity contribution is 0.279. The molecule has 0 saturated heterocycles. The number of nitrogens with zero attached hydrogens (tertiary/aromatic N) is 2. The Labute approximate surface area is 140 Å². The quantitative estimate of drug-likeness (QED) is 0.352. The molecule has 0 saturated carbocycles. The topological polar surface area (TPSA) is 118 Å². The molecule has 126 valence electrons. The zero-order valence-electron chi connectivity index (χ0n) is 13.4. The van der Waals surface area contributed by atoms with Crippen molar-refractivity contribution in [2.24, 2.45) is 5.73 Å². The molecular weight excluding hydrogens is 306 g/mol. The number of rotatable bonds is 10. The van der Waals surface area contributed by atoms with Gasteiger partial charge in [0.1, 0.15) is 23.0 Å². The lowest BCUT2D eigenvalue weighted by Crippen LogP contribution is -2.13. The normalized spacial score (nSPS) is 10.2. The predicted octanol–water partition coefficient (Wildman–Crippen LogP) is 2.39. The fraction of sp³-hybridized carbons (Fsp3) is 0.294. The Hall–Kier alpha value is -2.96. The van der Waals surface area contributed by atoms with E-state index in [4.69, 9.17) is 26.0 Å². The van der Waals surface area contributed by atoms with Gasteiger partial charge in [-0.3, -0.25) is 15.4 Å². The summed E-state index contributed by atoms with van der Waals surface area (Å²) in [5.41, 5.74) is 6.40. The largest absolute Gasteiger partial charge is 0.493 e. The monoisotopic (exact) mass is 327 g/mol. The van der Waals surface area contributed by atoms with Gasteiger partial charge in [0.2, 0.25) is 0 Å². The summed E-state index contributed by atoms with van der Waals surface area (Å²) in [7, 11) is 0. The van der Waals surface area contributed by atoms with Gasteiger partial charge in [-0.25, -0.2) is 0 Å². The Morgan fingerprint density at radius 1 is 1.00 bits per heavy atom. The molecule has 7 nitrogen and oxygen atoms in total. The maximum Gasteiger partial charge on any atom is 0.141 e. The second kappa shape index (κ2) is 9.24. The maximum absolute atomic E-state index is 7.35. The Morgan fingerprint density at radius 2 is 1.62 bits per heavy atom. The van der Waals surface area contributed by atoms with Crippen LogP contribution in [0, 0.1) is 10.8 Å². The van der Waals surface area contributed by atoms with Crippen LogP contribution in [0.1, 0.15) is 30.7 Å². The molecule has 2 aromatic heterocycles. The van der Waals surface area contributed by atoms with Crippen LogP contribution >= 0.6 is 0 Å². The van der Waals surface area contributed by atoms with E-state index in [0.29, 0.717) is 30.4 Å². The minimum absolute atomic E-state index is 0.0696. The first-order valence-corrected chi connectivity index (χ1v) is 7.71. The van der Waals surface area contributed by atoms with Crippen molar-refractivity contribution in [3.8, 4) is 11.5 Å². The van der Waals surface area contributed by atoms with Crippen LogP contribution in [-0.2, 0) is 0 Å². The Morgan fingerprint density at radius 3 is 2.25 bits per heavy atom. The fourth-order valence-corrected chi connectivity index (χ4v) is 2.01. The van der Waals surface area contributed by atoms with Gasteiger partial charge < -0.3 is 20.6 Å². The van der Waals surface area contributed by atoms with Gasteiger partial charge in [0.25, 0.3) is 0 Å². The number of aromatic nitrogens is 2. The van der Waals surface area contributed by atoms with E-state index in [9.17, 15) is 0 Å². The van der Waals surface area contributed by atoms with E-state index < -0.39 is 0 Å². The molecule has 0 aromatic carbocycles. The second-order valence-electron chi connectivity index (χ2n) is 5.11. The molecule has 0 aliphatic carbocycles. The van der Waals surface area contributed by atoms with Gasteiger partial charge >= 0.3 is 0 Å². The zero-order valence-corrected chi connectivity index (χ0v) is 13.4. The van der Waals surface area contributed by atoms with Crippen LogP contribution in [0.15, 0.2) is 36.7 Å². The first-order chi connectivity index (χ1) is 11.7. The SMILES string of the molecule is N=Cc1cc(OCCCCCOc2ccnc(C(=N)N)c2)ccn1. The second-order valence-corrected chi connectivity index (χ2v) is 5.11. The summed E-state index contributed by atoms with van der Waals surface area (Å²) < 4.78 is 11.3. The van der Waals surface area contributed by atoms with E-state index in [-0.39, 0.29) is 5.84 Å². The molecule has 0 radical (unpaired) electrons. The number of nitrogens with two attached hydrogens (primary N) is 1. The van der Waals surface area contributed by atoms with Crippen LogP contribution in [-0.4, -0.2) is 35.2 Å². The van der Waals surface area contributed by atoms with E-state index in [1.54, 1.807) is 36.7 Å². The highest BCUT2D eigenvalue weighted by molar-refractivity contribution is 5.93. The van der Waals surface area contributed by atoms with Crippen molar-refractivity contribution >= 4 is 12.1 Å². The number of hydrogen-bond acceptors (Lipinski definition) is 6. The van der Waals surface area contributed by atoms with Crippen LogP contribution in [0.2, 0.25) is 0 Å². The molecule has 2 aromatic rings. The number of nitrogen functional groups attached to an aromatic ring is 1. The fourth-order valence-electron chi connectivity index (χ4n) is 2.01. The van der Waals surface area contributed by atoms with Crippen LogP contribution in [0.4, 0.5) is 0 Å². The van der Waals surface area contributed by atoms with E-state index >= 15 is 0 Å². The summed E-state index contributed by atoms with van der Waals surface area (Å²) in [5, 5.41) is 14.5. The zero-order chi connectivity index (χ0) is 17.2. The van der Waals surface area contributed by atoms with Gasteiger partial charge in [0.15, 0.2) is 0 Å². The summed E-state index contributed by atoms with van der Waals surface area (Å²) in [4.78, 5) is 7.99. The number of hydrogen-bond donors (Lipinski definition) is 3. The molecule has 2 rings (SSSR count). The van der Waals surface area contributed by atoms with Gasteiger partial charge in [0.05, 0.1) is 18.9 Å². The molecule has 4 N–H and O–H groups in total. The first kappa shape index (κ1) is 17.4. The molecule has 0 spiro atoms. The van der Waals surface area contributed by atoms with Gasteiger partial charge in [-0.05, 0) is 31.4 Å². The molecule has 24 heavy (non-hydrogen) atoms. The summed E-state index contributed by atoms with van der Waals surface area (Å²) in [6.07, 6.45) is 7.21. The molecule has 0 aliphatic heterocycles. The van der Waals surface area contributed by atoms with Crippen molar-refractivity contribution in [3.05, 3.63) is 48.0 Å². The number of unbranched alkanes of at least 4 members (excludes halogenated alkanes) is 2. The van der Waals surface area contributed by atoms with E-state index in [2.05, 4.69) is 9.97 Å². The summed E-state index contributed by atoms with van der Waals surface area (Å²) >= 11 is 0. The summed E-state index contributed by atoms with van der Waals surface area (Å²) in [5.74, 6) is 1.33. The standard InChI is InChI=1S/C17H21N5O2/c18-12-13-10-14(4-6-21-13)23-8-2-1-3-9-24-15-5-7-22-16(11-15)17(19)20/h4-7,10-12,18H,1-3,8-9H2,(H3,19,20). The van der Waals surface area contributed by atoms with Gasteiger partial charge in [-0.15, -0.1) is 0 Å². The van der Waals surface area contributed by atoms with Crippen molar-refractivity contribution < 1.29 is 9.47 Å². The van der Waals surface area contributed by atoms with Crippen molar-refractivity contribution in [1.82, 2.24) is 9.97 Å². The Kier molecular flexibility index (Phi) is 6.70. The van der Waals surface area contributed by atoms with Gasteiger partial charge in [-0.1, -0.05) is 0 Å². The highest BCUT2D eigenvalue weighted by Gasteiger charge is 2.01. The molecule has 2 heterocycles. The molecule has 0 aliphatic rings. The van der Waals surface area contributed by atoms with E-state index in [1.807, 2.05) is 0 Å². The first-order valence-electron chi connectivity index (χ1n) is 7.71. The minimum Gasteiger partial charge on any atom is -0.493 e. The van der Waals surface area contributed by atoms with E-state index in [1.165, 1.54) is 6.21 Å². The molecular formula is C17H21N5O2. The molecule has 0 bridgehead atoms. The lowest BCUT2D eigenvalue weighted by atomic mass is 10.2. The molecule has 7 heteroatoms. The average Bonchev–Trinajstić information content (AvgIpc) is 2.61. The summed E-state index contributed by atoms with van der Waals surface area (Å²) in [6, 6.07) is 6.94. The Balaban J connectivity index is 1.60. The molecule has 0 fully saturated rings. The molecule has 0 unspecified atom stereocenters. The van der Waals surface area contributed by atoms with Gasteiger partial charge in [-0.2, -0.15) is 0 Å². The summed E-state index contributed by atoms with van der Waals surface area (Å²) in [6.45, 7) is 1.21. The number of pyridine rings is 2. The van der Waals surface area contributed by atoms with Gasteiger partial charge in [0, 0.05) is 30.7 Å². The highest BCUT2D eigenvalue weighted by atomic mass is 16.5. The van der Waals surface area contributed by atoms with Crippen molar-refractivity contribution in [3.63, 3.8) is 0 Å². The van der Waals surface area contributed by atoms with Crippen LogP contribution in [0.3, 0.4) is 0 Å². The maximum atomic E-state index is 7.35. The Bertz CT molecular complexity index is 690. The predicted molar refractivity (Wildman–Crippen MR) is 92.2 cm³/mol. The number of ether oxygens (including phenoxy) is 2. The average molecular weight is 327 g/mol. The van der Waals surface area contributed by atoms with Crippen LogP contribution in [0.25, 0.3) is 0 Å². The van der Waals surface area contributed by atoms with Crippen LogP contribution in [0.5, 0.6) is 11.5 Å². The van der Waals surface area contributed by atoms with Crippen molar-refractivity contribution in [1.29, 1.82) is 10.8 Å². The lowest BCUT2D eigenvalue weighted by Gasteiger charge is -2.08. The van der Waals surface area contributed by atoms with Crippen molar-refractivity contribution in [2.75, 3.05) is 13.2 Å². The highest BCUT2D eigenvalue weighted by Crippen LogP contribution is 2.12. The number of amidine groups is 1. The number of nitrogens with one attached hydrogen (secondary N) is 2. The molecule has 0 atom stereocenters. The molecule has 0 amide bonds. The van der Waals surface area contributed by atoms with E-state index in [0.717, 1.165) is 25.0 Å².